The van der Waals surface area contributed by atoms with Gasteiger partial charge in [-0.05, 0) is 62.4 Å². The number of carbonyl (C=O) groups is 4. The van der Waals surface area contributed by atoms with E-state index in [4.69, 9.17) is 15.2 Å². The van der Waals surface area contributed by atoms with Crippen LogP contribution in [0.3, 0.4) is 0 Å². The zero-order valence-corrected chi connectivity index (χ0v) is 31.9. The number of hydrogen-bond acceptors (Lipinski definition) is 9. The van der Waals surface area contributed by atoms with Gasteiger partial charge in [0, 0.05) is 53.6 Å². The van der Waals surface area contributed by atoms with Gasteiger partial charge in [0.25, 0.3) is 5.96 Å². The summed E-state index contributed by atoms with van der Waals surface area (Å²) < 4.78 is 11.1. The van der Waals surface area contributed by atoms with E-state index in [0.29, 0.717) is 5.56 Å². The Labute approximate surface area is 328 Å². The van der Waals surface area contributed by atoms with Crippen LogP contribution in [0.1, 0.15) is 50.3 Å². The first-order valence-corrected chi connectivity index (χ1v) is 18.4. The molecule has 3 amide bonds. The molecule has 3 atom stereocenters. The van der Waals surface area contributed by atoms with Crippen molar-refractivity contribution in [3.05, 3.63) is 118 Å². The Balaban J connectivity index is 1.41. The number of hydrazine groups is 1. The molecule has 2 aromatic heterocycles. The van der Waals surface area contributed by atoms with Crippen LogP contribution in [0.4, 0.5) is 4.79 Å². The van der Waals surface area contributed by atoms with Crippen molar-refractivity contribution in [3.8, 4) is 0 Å². The summed E-state index contributed by atoms with van der Waals surface area (Å²) in [6.45, 7) is 5.04. The molecule has 17 heteroatoms. The number of hydrogen-bond donors (Lipinski definition) is 7. The van der Waals surface area contributed by atoms with Gasteiger partial charge in [-0.15, -0.1) is 0 Å². The summed E-state index contributed by atoms with van der Waals surface area (Å²) in [5, 5.41) is 19.8. The van der Waals surface area contributed by atoms with Gasteiger partial charge in [-0.2, -0.15) is 0 Å². The number of fused-ring (bicyclic) bond motifs is 2. The van der Waals surface area contributed by atoms with Crippen molar-refractivity contribution < 1.29 is 33.7 Å². The number of carbonyl (C=O) groups excluding carboxylic acids is 4. The Hall–Kier alpha value is -6.91. The van der Waals surface area contributed by atoms with Crippen LogP contribution in [0.5, 0.6) is 0 Å². The molecule has 17 nitrogen and oxygen atoms in total. The van der Waals surface area contributed by atoms with Crippen molar-refractivity contribution in [1.82, 2.24) is 31.3 Å². The van der Waals surface area contributed by atoms with Crippen LogP contribution < -0.4 is 27.1 Å². The normalized spacial score (nSPS) is 13.3. The molecule has 57 heavy (non-hydrogen) atoms. The van der Waals surface area contributed by atoms with Gasteiger partial charge in [-0.3, -0.25) is 9.59 Å². The number of aliphatic imine (C=N–C) groups is 1. The molecule has 5 aromatic rings. The maximum atomic E-state index is 14.3. The van der Waals surface area contributed by atoms with Crippen molar-refractivity contribution in [2.45, 2.75) is 76.8 Å². The second kappa shape index (κ2) is 19.1. The zero-order valence-electron chi connectivity index (χ0n) is 31.9. The Morgan fingerprint density at radius 3 is 1.88 bits per heavy atom. The van der Waals surface area contributed by atoms with E-state index in [1.165, 1.54) is 0 Å². The fourth-order valence-corrected chi connectivity index (χ4v) is 6.16. The van der Waals surface area contributed by atoms with E-state index < -0.39 is 58.6 Å². The van der Waals surface area contributed by atoms with Gasteiger partial charge in [-0.25, -0.2) is 24.7 Å². The third-order valence-corrected chi connectivity index (χ3v) is 8.80. The molecule has 5 rings (SSSR count). The lowest BCUT2D eigenvalue weighted by atomic mass is 10.0. The van der Waals surface area contributed by atoms with Gasteiger partial charge in [0.1, 0.15) is 30.3 Å². The maximum absolute atomic E-state index is 14.3. The highest BCUT2D eigenvalue weighted by molar-refractivity contribution is 5.94. The lowest BCUT2D eigenvalue weighted by molar-refractivity contribution is -0.525. The topological polar surface area (TPSA) is 248 Å². The van der Waals surface area contributed by atoms with E-state index >= 15 is 0 Å². The van der Waals surface area contributed by atoms with E-state index in [9.17, 15) is 29.3 Å². The lowest BCUT2D eigenvalue weighted by Gasteiger charge is -2.26. The summed E-state index contributed by atoms with van der Waals surface area (Å²) in [5.74, 6) is -2.53. The molecule has 0 unspecified atom stereocenters. The summed E-state index contributed by atoms with van der Waals surface area (Å²) in [6, 6.07) is 20.4. The van der Waals surface area contributed by atoms with Gasteiger partial charge in [0.05, 0.1) is 0 Å². The molecule has 0 radical (unpaired) electrons. The Bertz CT molecular complexity index is 2210. The van der Waals surface area contributed by atoms with Gasteiger partial charge >= 0.3 is 12.1 Å². The molecule has 0 saturated carbocycles. The molecule has 0 bridgehead atoms. The number of esters is 1. The summed E-state index contributed by atoms with van der Waals surface area (Å²) in [4.78, 5) is 76.2. The van der Waals surface area contributed by atoms with Crippen LogP contribution in [0.15, 0.2) is 96.2 Å². The molecule has 0 saturated heterocycles. The van der Waals surface area contributed by atoms with Crippen molar-refractivity contribution >= 4 is 51.6 Å². The molecule has 3 aromatic carbocycles. The standard InChI is InChI=1S/C40H47N9O8/c1-40(2,3)57-39(53)47-34(21-27-23-44-31-17-10-8-15-29(27)31)36(51)46-33(20-26-22-43-30-16-9-7-14-28(26)30)35(50)45-32(18-11-19-42-38(41)48-49(54)55)37(52)56-24-25-12-5-4-6-13-25/h4-10,12-17,22-23,32-34,43-44H,11,18-21,24H2,1-3H3,(H,45,50)(H,46,51)(H,47,53)(H3,41,42,48)/t32-,33-,34-/m0/s1. The molecule has 8 N–H and O–H groups in total. The number of ether oxygens (including phenoxy) is 2. The first-order chi connectivity index (χ1) is 27.3. The summed E-state index contributed by atoms with van der Waals surface area (Å²) in [6.07, 6.45) is 2.94. The monoisotopic (exact) mass is 781 g/mol. The second-order valence-corrected chi connectivity index (χ2v) is 14.3. The number of guanidine groups is 1. The SMILES string of the molecule is CC(C)(C)OC(=O)N[C@@H](Cc1c[nH]c2ccccc12)C(=O)N[C@@H](Cc1c[nH]c2ccccc12)C(=O)N[C@@H](CCCN=C(N)N[N+](=O)[O-])C(=O)OCc1ccccc1. The fourth-order valence-electron chi connectivity index (χ4n) is 6.16. The highest BCUT2D eigenvalue weighted by atomic mass is 16.7. The van der Waals surface area contributed by atoms with E-state index in [-0.39, 0.29) is 38.8 Å². The number of amides is 3. The minimum Gasteiger partial charge on any atom is -0.459 e. The van der Waals surface area contributed by atoms with Crippen molar-refractivity contribution in [2.75, 3.05) is 6.54 Å². The number of alkyl carbamates (subject to hydrolysis) is 1. The number of nitrogens with one attached hydrogen (secondary N) is 6. The minimum atomic E-state index is -1.25. The number of rotatable bonds is 17. The van der Waals surface area contributed by atoms with E-state index in [1.54, 1.807) is 62.9 Å². The number of nitrogens with zero attached hydrogens (tertiary/aromatic N) is 2. The Kier molecular flexibility index (Phi) is 13.8. The van der Waals surface area contributed by atoms with Crippen molar-refractivity contribution in [1.29, 1.82) is 0 Å². The quantitative estimate of drug-likeness (QED) is 0.0179. The molecular weight excluding hydrogens is 734 g/mol. The largest absolute Gasteiger partial charge is 0.459 e. The highest BCUT2D eigenvalue weighted by Crippen LogP contribution is 2.22. The minimum absolute atomic E-state index is 0.00694. The summed E-state index contributed by atoms with van der Waals surface area (Å²) in [7, 11) is 0. The first kappa shape index (κ1) is 41.3. The molecule has 0 aliphatic carbocycles. The summed E-state index contributed by atoms with van der Waals surface area (Å²) in [5.41, 5.74) is 10.3. The Morgan fingerprint density at radius 2 is 1.32 bits per heavy atom. The molecule has 0 aliphatic rings. The number of nitrogens with two attached hydrogens (primary N) is 1. The van der Waals surface area contributed by atoms with Crippen molar-refractivity contribution in [3.63, 3.8) is 0 Å². The van der Waals surface area contributed by atoms with Crippen LogP contribution in [0, 0.1) is 10.1 Å². The number of H-pyrrole nitrogens is 2. The number of benzene rings is 3. The number of para-hydroxylation sites is 2. The third kappa shape index (κ3) is 12.3. The predicted molar refractivity (Wildman–Crippen MR) is 213 cm³/mol. The van der Waals surface area contributed by atoms with E-state index in [0.717, 1.165) is 32.9 Å². The third-order valence-electron chi connectivity index (χ3n) is 8.80. The van der Waals surface area contributed by atoms with Crippen LogP contribution in [0.25, 0.3) is 21.8 Å². The molecular formula is C40H47N9O8. The molecule has 300 valence electrons. The number of aromatic amines is 2. The lowest BCUT2D eigenvalue weighted by Crippen LogP contribution is -2.57. The molecule has 0 aliphatic heterocycles. The molecule has 0 spiro atoms. The second-order valence-electron chi connectivity index (χ2n) is 14.3. The predicted octanol–water partition coefficient (Wildman–Crippen LogP) is 3.92. The fraction of sp³-hybridized carbons (Fsp3) is 0.325. The van der Waals surface area contributed by atoms with Gasteiger partial charge in [0.2, 0.25) is 11.8 Å². The Morgan fingerprint density at radius 1 is 0.789 bits per heavy atom. The van der Waals surface area contributed by atoms with Crippen LogP contribution in [0.2, 0.25) is 0 Å². The average Bonchev–Trinajstić information content (AvgIpc) is 3.77. The van der Waals surface area contributed by atoms with E-state index in [2.05, 4.69) is 30.9 Å². The smallest absolute Gasteiger partial charge is 0.408 e. The molecule has 2 heterocycles. The maximum Gasteiger partial charge on any atom is 0.408 e. The van der Waals surface area contributed by atoms with Crippen LogP contribution >= 0.6 is 0 Å². The first-order valence-electron chi connectivity index (χ1n) is 18.4. The van der Waals surface area contributed by atoms with Crippen molar-refractivity contribution in [2.24, 2.45) is 10.7 Å². The average molecular weight is 782 g/mol. The number of nitro groups is 1. The number of aromatic nitrogens is 2. The summed E-state index contributed by atoms with van der Waals surface area (Å²) >= 11 is 0. The van der Waals surface area contributed by atoms with Gasteiger partial charge < -0.3 is 41.1 Å². The van der Waals surface area contributed by atoms with Gasteiger partial charge in [-0.1, -0.05) is 72.2 Å². The van der Waals surface area contributed by atoms with Crippen LogP contribution in [-0.2, 0) is 43.3 Å². The van der Waals surface area contributed by atoms with Crippen LogP contribution in [-0.4, -0.2) is 75.1 Å². The highest BCUT2D eigenvalue weighted by Gasteiger charge is 2.32. The zero-order chi connectivity index (χ0) is 41.0. The van der Waals surface area contributed by atoms with E-state index in [1.807, 2.05) is 54.6 Å². The molecule has 0 fully saturated rings. The van der Waals surface area contributed by atoms with Gasteiger partial charge in [0.15, 0.2) is 5.03 Å².